The number of benzene rings is 2. The van der Waals surface area contributed by atoms with Gasteiger partial charge in [0.2, 0.25) is 0 Å². The highest BCUT2D eigenvalue weighted by molar-refractivity contribution is 6.05. The first kappa shape index (κ1) is 17.0. The predicted molar refractivity (Wildman–Crippen MR) is 90.9 cm³/mol. The van der Waals surface area contributed by atoms with Crippen molar-refractivity contribution in [3.63, 3.8) is 0 Å². The molecule has 6 nitrogen and oxygen atoms in total. The van der Waals surface area contributed by atoms with E-state index in [1.165, 1.54) is 13.2 Å². The summed E-state index contributed by atoms with van der Waals surface area (Å²) >= 11 is 0. The van der Waals surface area contributed by atoms with Crippen molar-refractivity contribution < 1.29 is 29.6 Å². The number of ketones is 1. The normalized spacial score (nSPS) is 16.3. The minimum absolute atomic E-state index is 0.0298. The fourth-order valence-corrected chi connectivity index (χ4v) is 3.14. The van der Waals surface area contributed by atoms with Gasteiger partial charge in [-0.2, -0.15) is 0 Å². The van der Waals surface area contributed by atoms with E-state index >= 15 is 0 Å². The molecule has 1 heterocycles. The van der Waals surface area contributed by atoms with Crippen molar-refractivity contribution in [2.75, 3.05) is 13.7 Å². The van der Waals surface area contributed by atoms with Gasteiger partial charge in [-0.25, -0.2) is 0 Å². The topological polar surface area (TPSA) is 96.2 Å². The minimum Gasteiger partial charge on any atom is -0.507 e. The molecule has 132 valence electrons. The monoisotopic (exact) mass is 344 g/mol. The summed E-state index contributed by atoms with van der Waals surface area (Å²) in [6.07, 6.45) is 0.382. The molecule has 2 aromatic rings. The summed E-state index contributed by atoms with van der Waals surface area (Å²) in [6.45, 7) is 3.36. The fourth-order valence-electron chi connectivity index (χ4n) is 3.14. The zero-order valence-electron chi connectivity index (χ0n) is 14.3. The Bertz CT molecular complexity index is 856. The molecule has 0 bridgehead atoms. The van der Waals surface area contributed by atoms with Crippen LogP contribution in [-0.2, 0) is 6.42 Å². The van der Waals surface area contributed by atoms with Gasteiger partial charge in [-0.3, -0.25) is 4.79 Å². The molecule has 0 aliphatic carbocycles. The number of phenols is 3. The van der Waals surface area contributed by atoms with E-state index in [-0.39, 0.29) is 46.5 Å². The number of phenolic OH excluding ortho intramolecular Hbond substituents is 3. The Kier molecular flexibility index (Phi) is 4.20. The molecule has 0 saturated carbocycles. The molecule has 25 heavy (non-hydrogen) atoms. The molecular formula is C19H20O6. The maximum absolute atomic E-state index is 12.9. The van der Waals surface area contributed by atoms with Gasteiger partial charge in [-0.1, -0.05) is 6.07 Å². The number of rotatable bonds is 3. The fraction of sp³-hybridized carbons (Fsp3) is 0.316. The predicted octanol–water partition coefficient (Wildman–Crippen LogP) is 2.86. The summed E-state index contributed by atoms with van der Waals surface area (Å²) < 4.78 is 10.8. The Morgan fingerprint density at radius 1 is 1.16 bits per heavy atom. The molecule has 1 atom stereocenters. The van der Waals surface area contributed by atoms with Crippen LogP contribution in [0.5, 0.6) is 28.7 Å². The zero-order valence-corrected chi connectivity index (χ0v) is 14.3. The van der Waals surface area contributed by atoms with Crippen LogP contribution in [-0.4, -0.2) is 34.8 Å². The van der Waals surface area contributed by atoms with Gasteiger partial charge in [-0.05, 0) is 38.0 Å². The second-order valence-electron chi connectivity index (χ2n) is 6.23. The molecule has 3 rings (SSSR count). The van der Waals surface area contributed by atoms with Crippen LogP contribution in [0, 0.1) is 19.8 Å². The van der Waals surface area contributed by atoms with Crippen LogP contribution in [0.15, 0.2) is 18.2 Å². The van der Waals surface area contributed by atoms with Crippen LogP contribution < -0.4 is 9.47 Å². The van der Waals surface area contributed by atoms with Crippen molar-refractivity contribution in [1.29, 1.82) is 0 Å². The lowest BCUT2D eigenvalue weighted by molar-refractivity contribution is 0.0824. The van der Waals surface area contributed by atoms with Crippen LogP contribution in [0.25, 0.3) is 0 Å². The summed E-state index contributed by atoms with van der Waals surface area (Å²) in [6, 6.07) is 4.90. The summed E-state index contributed by atoms with van der Waals surface area (Å²) in [7, 11) is 1.46. The molecular weight excluding hydrogens is 324 g/mol. The van der Waals surface area contributed by atoms with Crippen molar-refractivity contribution >= 4 is 5.78 Å². The van der Waals surface area contributed by atoms with E-state index in [2.05, 4.69) is 0 Å². The third-order valence-electron chi connectivity index (χ3n) is 4.64. The SMILES string of the molecule is COc1cc(C[C@@H]2COc3c(C)c(O)c(C)c(O)c3C2=O)ccc1O. The van der Waals surface area contributed by atoms with Crippen molar-refractivity contribution in [2.24, 2.45) is 5.92 Å². The van der Waals surface area contributed by atoms with E-state index in [9.17, 15) is 20.1 Å². The van der Waals surface area contributed by atoms with Gasteiger partial charge in [0.15, 0.2) is 17.3 Å². The Hall–Kier alpha value is -2.89. The Morgan fingerprint density at radius 2 is 1.88 bits per heavy atom. The maximum atomic E-state index is 12.9. The lowest BCUT2D eigenvalue weighted by Crippen LogP contribution is -2.30. The van der Waals surface area contributed by atoms with Crippen LogP contribution in [0.3, 0.4) is 0 Å². The van der Waals surface area contributed by atoms with E-state index in [4.69, 9.17) is 9.47 Å². The minimum atomic E-state index is -0.476. The van der Waals surface area contributed by atoms with Crippen LogP contribution in [0.1, 0.15) is 27.0 Å². The molecule has 0 radical (unpaired) electrons. The Balaban J connectivity index is 1.95. The molecule has 6 heteroatoms. The summed E-state index contributed by atoms with van der Waals surface area (Å²) in [5, 5.41) is 30.0. The average molecular weight is 344 g/mol. The van der Waals surface area contributed by atoms with Crippen LogP contribution >= 0.6 is 0 Å². The smallest absolute Gasteiger partial charge is 0.177 e. The highest BCUT2D eigenvalue weighted by Crippen LogP contribution is 2.45. The first-order valence-electron chi connectivity index (χ1n) is 7.93. The second-order valence-corrected chi connectivity index (χ2v) is 6.23. The zero-order chi connectivity index (χ0) is 18.3. The molecule has 3 N–H and O–H groups in total. The number of hydrogen-bond donors (Lipinski definition) is 3. The van der Waals surface area contributed by atoms with Crippen molar-refractivity contribution in [2.45, 2.75) is 20.3 Å². The molecule has 1 aliphatic rings. The molecule has 0 saturated heterocycles. The number of methoxy groups -OCH3 is 1. The first-order chi connectivity index (χ1) is 11.8. The first-order valence-corrected chi connectivity index (χ1v) is 7.93. The average Bonchev–Trinajstić information content (AvgIpc) is 2.61. The summed E-state index contributed by atoms with van der Waals surface area (Å²) in [4.78, 5) is 12.9. The van der Waals surface area contributed by atoms with E-state index < -0.39 is 5.92 Å². The summed E-state index contributed by atoms with van der Waals surface area (Å²) in [5.74, 6) is -0.399. The van der Waals surface area contributed by atoms with E-state index in [0.29, 0.717) is 17.7 Å². The van der Waals surface area contributed by atoms with Gasteiger partial charge in [0.1, 0.15) is 22.8 Å². The van der Waals surface area contributed by atoms with Gasteiger partial charge in [-0.15, -0.1) is 0 Å². The van der Waals surface area contributed by atoms with Gasteiger partial charge in [0.25, 0.3) is 0 Å². The number of Topliss-reactive ketones (excluding diaryl/α,β-unsaturated/α-hetero) is 1. The van der Waals surface area contributed by atoms with Gasteiger partial charge < -0.3 is 24.8 Å². The van der Waals surface area contributed by atoms with Crippen LogP contribution in [0.2, 0.25) is 0 Å². The third kappa shape index (κ3) is 2.73. The number of aromatic hydroxyl groups is 3. The van der Waals surface area contributed by atoms with Gasteiger partial charge in [0.05, 0.1) is 19.6 Å². The van der Waals surface area contributed by atoms with Crippen molar-refractivity contribution in [3.05, 3.63) is 40.5 Å². The van der Waals surface area contributed by atoms with Crippen LogP contribution in [0.4, 0.5) is 0 Å². The molecule has 0 amide bonds. The number of hydrogen-bond acceptors (Lipinski definition) is 6. The maximum Gasteiger partial charge on any atom is 0.177 e. The molecule has 2 aromatic carbocycles. The van der Waals surface area contributed by atoms with E-state index in [0.717, 1.165) is 5.56 Å². The lowest BCUT2D eigenvalue weighted by atomic mass is 9.87. The van der Waals surface area contributed by atoms with Crippen molar-refractivity contribution in [1.82, 2.24) is 0 Å². The molecule has 0 unspecified atom stereocenters. The number of fused-ring (bicyclic) bond motifs is 1. The second kappa shape index (κ2) is 6.20. The number of carbonyl (C=O) groups is 1. The molecule has 1 aliphatic heterocycles. The number of ether oxygens (including phenoxy) is 2. The largest absolute Gasteiger partial charge is 0.507 e. The quantitative estimate of drug-likeness (QED) is 0.792. The van der Waals surface area contributed by atoms with E-state index in [1.54, 1.807) is 26.0 Å². The highest BCUT2D eigenvalue weighted by Gasteiger charge is 2.35. The van der Waals surface area contributed by atoms with Crippen molar-refractivity contribution in [3.8, 4) is 28.7 Å². The van der Waals surface area contributed by atoms with E-state index in [1.807, 2.05) is 0 Å². The van der Waals surface area contributed by atoms with Gasteiger partial charge >= 0.3 is 0 Å². The number of carbonyl (C=O) groups excluding carboxylic acids is 1. The lowest BCUT2D eigenvalue weighted by Gasteiger charge is -2.27. The third-order valence-corrected chi connectivity index (χ3v) is 4.64. The Morgan fingerprint density at radius 3 is 2.56 bits per heavy atom. The standard InChI is InChI=1S/C19H20O6/c1-9-16(21)10(2)19-15(17(9)22)18(23)12(8-25-19)6-11-4-5-13(20)14(7-11)24-3/h4-5,7,12,20-22H,6,8H2,1-3H3/t12-/m1/s1. The summed E-state index contributed by atoms with van der Waals surface area (Å²) in [5.41, 5.74) is 1.64. The van der Waals surface area contributed by atoms with Gasteiger partial charge in [0, 0.05) is 11.1 Å². The highest BCUT2D eigenvalue weighted by atomic mass is 16.5. The molecule has 0 spiro atoms. The Labute approximate surface area is 145 Å². The molecule has 0 fully saturated rings. The molecule has 0 aromatic heterocycles.